The van der Waals surface area contributed by atoms with E-state index in [9.17, 15) is 20.1 Å². The van der Waals surface area contributed by atoms with Crippen LogP contribution in [0.1, 0.15) is 45.1 Å². The summed E-state index contributed by atoms with van der Waals surface area (Å²) in [5.41, 5.74) is 0.865. The van der Waals surface area contributed by atoms with E-state index in [1.807, 2.05) is 57.2 Å². The minimum Gasteiger partial charge on any atom is -0.494 e. The highest BCUT2D eigenvalue weighted by molar-refractivity contribution is 8.76. The molecule has 0 bridgehead atoms. The van der Waals surface area contributed by atoms with E-state index in [-0.39, 0.29) is 19.2 Å². The lowest BCUT2D eigenvalue weighted by Gasteiger charge is -2.21. The van der Waals surface area contributed by atoms with Gasteiger partial charge in [0.1, 0.15) is 12.4 Å². The lowest BCUT2D eigenvalue weighted by Crippen LogP contribution is -2.18. The van der Waals surface area contributed by atoms with Gasteiger partial charge in [-0.05, 0) is 62.1 Å². The summed E-state index contributed by atoms with van der Waals surface area (Å²) in [5, 5.41) is 21.2. The molecule has 0 radical (unpaired) electrons. The number of hydrogen-bond acceptors (Lipinski definition) is 13. The van der Waals surface area contributed by atoms with Gasteiger partial charge in [-0.1, -0.05) is 45.9 Å². The maximum absolute atomic E-state index is 12.6. The number of carbonyl (C=O) groups is 1. The second kappa shape index (κ2) is 20.1. The first kappa shape index (κ1) is 34.3. The molecule has 1 N–H and O–H groups in total. The predicted octanol–water partition coefficient (Wildman–Crippen LogP) is 6.16. The first-order valence-corrected chi connectivity index (χ1v) is 16.5. The standard InChI is InChI=1S/C25H37N2O10PS2/c1-4-36-38(37-5-2)27(31)35-15-17-40-39-16-14-33-25(28)20(3)21-8-9-23-19-24(11-10-22(23)18-21)32-12-6-7-13-34-26(29)30/h8-11,18-20,31H,4-7,12-17H2,1-3H3. The summed E-state index contributed by atoms with van der Waals surface area (Å²) in [6.07, 6.45) is 1.18. The topological polar surface area (TPSA) is 139 Å². The summed E-state index contributed by atoms with van der Waals surface area (Å²) in [4.78, 5) is 32.9. The van der Waals surface area contributed by atoms with Gasteiger partial charge in [-0.2, -0.15) is 0 Å². The molecule has 0 aliphatic heterocycles. The van der Waals surface area contributed by atoms with E-state index in [4.69, 9.17) is 23.4 Å². The van der Waals surface area contributed by atoms with E-state index >= 15 is 0 Å². The summed E-state index contributed by atoms with van der Waals surface area (Å²) in [6.45, 7) is 7.31. The molecule has 0 fully saturated rings. The quantitative estimate of drug-likeness (QED) is 0.0402. The van der Waals surface area contributed by atoms with Crippen LogP contribution < -0.4 is 4.74 Å². The Bertz CT molecular complexity index is 1030. The van der Waals surface area contributed by atoms with Gasteiger partial charge in [0.15, 0.2) is 0 Å². The normalized spacial score (nSPS) is 12.2. The van der Waals surface area contributed by atoms with Gasteiger partial charge in [0.2, 0.25) is 0 Å². The largest absolute Gasteiger partial charge is 0.494 e. The lowest BCUT2D eigenvalue weighted by atomic mass is 9.98. The summed E-state index contributed by atoms with van der Waals surface area (Å²) in [5.74, 6) is 1.26. The molecule has 1 atom stereocenters. The fourth-order valence-corrected chi connectivity index (χ4v) is 5.78. The number of hydrogen-bond donors (Lipinski definition) is 1. The third-order valence-electron chi connectivity index (χ3n) is 5.18. The molecule has 2 aromatic carbocycles. The Hall–Kier alpha value is -1.90. The molecule has 0 aliphatic carbocycles. The molecule has 1 unspecified atom stereocenters. The molecule has 40 heavy (non-hydrogen) atoms. The van der Waals surface area contributed by atoms with E-state index in [1.54, 1.807) is 21.6 Å². The predicted molar refractivity (Wildman–Crippen MR) is 156 cm³/mol. The van der Waals surface area contributed by atoms with Crippen molar-refractivity contribution in [3.63, 3.8) is 0 Å². The Morgan fingerprint density at radius 2 is 1.65 bits per heavy atom. The van der Waals surface area contributed by atoms with Gasteiger partial charge in [-0.25, -0.2) is 0 Å². The molecule has 12 nitrogen and oxygen atoms in total. The van der Waals surface area contributed by atoms with Crippen LogP contribution in [-0.2, 0) is 28.3 Å². The van der Waals surface area contributed by atoms with Crippen molar-refractivity contribution in [2.45, 2.75) is 39.5 Å². The SMILES string of the molecule is CCOP(OCC)N(O)OCCSSCCOC(=O)C(C)c1ccc2cc(OCCCCO[N+](=O)[O-])ccc2c1. The van der Waals surface area contributed by atoms with E-state index in [0.717, 1.165) is 16.3 Å². The van der Waals surface area contributed by atoms with Crippen LogP contribution in [-0.4, -0.2) is 72.4 Å². The fourth-order valence-electron chi connectivity index (χ4n) is 3.25. The number of benzene rings is 2. The van der Waals surface area contributed by atoms with E-state index in [1.165, 1.54) is 0 Å². The molecule has 0 saturated heterocycles. The average molecular weight is 621 g/mol. The molecule has 15 heteroatoms. The van der Waals surface area contributed by atoms with Crippen LogP contribution in [0, 0.1) is 10.1 Å². The molecule has 0 aromatic heterocycles. The van der Waals surface area contributed by atoms with Crippen LogP contribution in [0.25, 0.3) is 10.8 Å². The van der Waals surface area contributed by atoms with E-state index < -0.39 is 19.5 Å². The smallest absolute Gasteiger partial charge is 0.313 e. The number of rotatable bonds is 22. The second-order valence-corrected chi connectivity index (χ2v) is 12.1. The van der Waals surface area contributed by atoms with Gasteiger partial charge in [0, 0.05) is 16.5 Å². The highest BCUT2D eigenvalue weighted by Crippen LogP contribution is 2.41. The minimum atomic E-state index is -1.63. The summed E-state index contributed by atoms with van der Waals surface area (Å²) >= 11 is 0. The van der Waals surface area contributed by atoms with Crippen molar-refractivity contribution in [3.8, 4) is 5.75 Å². The molecule has 0 heterocycles. The molecule has 224 valence electrons. The molecule has 2 rings (SSSR count). The molecule has 0 amide bonds. The number of ether oxygens (including phenoxy) is 2. The van der Waals surface area contributed by atoms with Crippen LogP contribution in [0.4, 0.5) is 0 Å². The summed E-state index contributed by atoms with van der Waals surface area (Å²) in [6, 6.07) is 11.5. The van der Waals surface area contributed by atoms with Crippen molar-refractivity contribution in [2.24, 2.45) is 0 Å². The highest BCUT2D eigenvalue weighted by Gasteiger charge is 2.20. The third-order valence-corrected chi connectivity index (χ3v) is 8.87. The van der Waals surface area contributed by atoms with Gasteiger partial charge in [0.05, 0.1) is 39.0 Å². The van der Waals surface area contributed by atoms with Gasteiger partial charge < -0.3 is 23.4 Å². The molecular weight excluding hydrogens is 583 g/mol. The van der Waals surface area contributed by atoms with Crippen molar-refractivity contribution in [1.82, 2.24) is 5.00 Å². The Labute approximate surface area is 243 Å². The van der Waals surface area contributed by atoms with E-state index in [2.05, 4.69) is 4.84 Å². The second-order valence-electron chi connectivity index (χ2n) is 8.07. The van der Waals surface area contributed by atoms with Crippen LogP contribution in [0.2, 0.25) is 0 Å². The van der Waals surface area contributed by atoms with Crippen molar-refractivity contribution in [2.75, 3.05) is 51.1 Å². The summed E-state index contributed by atoms with van der Waals surface area (Å²) < 4.78 is 21.8. The number of unbranched alkanes of at least 4 members (excludes halogenated alkanes) is 1. The Morgan fingerprint density at radius 1 is 1.00 bits per heavy atom. The van der Waals surface area contributed by atoms with Gasteiger partial charge >= 0.3 is 14.5 Å². The number of esters is 1. The number of fused-ring (bicyclic) bond motifs is 1. The third kappa shape index (κ3) is 13.2. The monoisotopic (exact) mass is 620 g/mol. The Morgan fingerprint density at radius 3 is 2.35 bits per heavy atom. The maximum atomic E-state index is 12.6. The van der Waals surface area contributed by atoms with Crippen molar-refractivity contribution < 1.29 is 43.3 Å². The minimum absolute atomic E-state index is 0.0570. The van der Waals surface area contributed by atoms with Crippen LogP contribution in [0.3, 0.4) is 0 Å². The van der Waals surface area contributed by atoms with E-state index in [0.29, 0.717) is 61.5 Å². The summed E-state index contributed by atoms with van der Waals surface area (Å²) in [7, 11) is 1.47. The molecule has 0 saturated carbocycles. The van der Waals surface area contributed by atoms with Crippen molar-refractivity contribution >= 4 is 46.9 Å². The van der Waals surface area contributed by atoms with Crippen molar-refractivity contribution in [3.05, 3.63) is 52.1 Å². The zero-order valence-corrected chi connectivity index (χ0v) is 25.4. The first-order chi connectivity index (χ1) is 19.3. The van der Waals surface area contributed by atoms with Crippen molar-refractivity contribution in [1.29, 1.82) is 0 Å². The Balaban J connectivity index is 1.65. The molecule has 0 spiro atoms. The van der Waals surface area contributed by atoms with Crippen LogP contribution in [0.15, 0.2) is 36.4 Å². The zero-order valence-electron chi connectivity index (χ0n) is 22.9. The van der Waals surface area contributed by atoms with Gasteiger partial charge in [-0.3, -0.25) is 14.8 Å². The molecule has 0 aliphatic rings. The average Bonchev–Trinajstić information content (AvgIpc) is 2.95. The van der Waals surface area contributed by atoms with Gasteiger partial charge in [0.25, 0.3) is 5.09 Å². The molecule has 2 aromatic rings. The number of nitrogens with zero attached hydrogens (tertiary/aromatic N) is 2. The number of carbonyl (C=O) groups excluding carboxylic acids is 1. The fraction of sp³-hybridized carbons (Fsp3) is 0.560. The maximum Gasteiger partial charge on any atom is 0.313 e. The van der Waals surface area contributed by atoms with Gasteiger partial charge in [-0.15, -0.1) is 10.1 Å². The van der Waals surface area contributed by atoms with Crippen LogP contribution in [0.5, 0.6) is 5.75 Å². The first-order valence-electron chi connectivity index (χ1n) is 12.9. The highest BCUT2D eigenvalue weighted by atomic mass is 33.1. The molecular formula is C25H37N2O10PS2. The Kier molecular flexibility index (Phi) is 17.2. The van der Waals surface area contributed by atoms with Crippen LogP contribution >= 0.6 is 30.1 Å². The lowest BCUT2D eigenvalue weighted by molar-refractivity contribution is -0.757. The zero-order chi connectivity index (χ0) is 29.2.